The molecular formula is C13H10F4O3. The zero-order chi connectivity index (χ0) is 14.7. The highest BCUT2D eigenvalue weighted by Gasteiger charge is 2.26. The van der Waals surface area contributed by atoms with Crippen molar-refractivity contribution in [2.75, 3.05) is 6.61 Å². The average Bonchev–Trinajstić information content (AvgIpc) is 2.44. The number of rotatable bonds is 3. The number of benzene rings is 1. The third-order valence-corrected chi connectivity index (χ3v) is 2.74. The lowest BCUT2D eigenvalue weighted by Gasteiger charge is -2.19. The first-order valence-corrected chi connectivity index (χ1v) is 5.81. The van der Waals surface area contributed by atoms with E-state index in [2.05, 4.69) is 4.74 Å². The topological polar surface area (TPSA) is 35.5 Å². The smallest absolute Gasteiger partial charge is 0.344 e. The number of hydrogen-bond acceptors (Lipinski definition) is 3. The Morgan fingerprint density at radius 3 is 2.45 bits per heavy atom. The molecule has 1 aromatic rings. The number of allylic oxidation sites excluding steroid dienone is 1. The van der Waals surface area contributed by atoms with E-state index >= 15 is 0 Å². The van der Waals surface area contributed by atoms with Crippen LogP contribution in [0.4, 0.5) is 17.6 Å². The van der Waals surface area contributed by atoms with Crippen LogP contribution in [0.25, 0.3) is 0 Å². The summed E-state index contributed by atoms with van der Waals surface area (Å²) >= 11 is 0. The van der Waals surface area contributed by atoms with Gasteiger partial charge < -0.3 is 9.47 Å². The summed E-state index contributed by atoms with van der Waals surface area (Å²) in [5.41, 5.74) is -1.38. The Morgan fingerprint density at radius 1 is 1.25 bits per heavy atom. The van der Waals surface area contributed by atoms with Gasteiger partial charge in [-0.25, -0.2) is 22.4 Å². The number of ether oxygens (including phenoxy) is 2. The molecule has 1 atom stereocenters. The molecule has 0 radical (unpaired) electrons. The van der Waals surface area contributed by atoms with Crippen molar-refractivity contribution in [2.24, 2.45) is 0 Å². The molecule has 0 saturated carbocycles. The Hall–Kier alpha value is -2.05. The molecule has 1 aromatic carbocycles. The Labute approximate surface area is 111 Å². The van der Waals surface area contributed by atoms with Gasteiger partial charge in [0.25, 0.3) is 0 Å². The summed E-state index contributed by atoms with van der Waals surface area (Å²) in [5, 5.41) is 0. The monoisotopic (exact) mass is 290 g/mol. The van der Waals surface area contributed by atoms with Gasteiger partial charge in [0.15, 0.2) is 23.3 Å². The zero-order valence-electron chi connectivity index (χ0n) is 10.2. The molecule has 108 valence electrons. The fraction of sp³-hybridized carbons (Fsp3) is 0.308. The van der Waals surface area contributed by atoms with Crippen molar-refractivity contribution in [1.82, 2.24) is 0 Å². The van der Waals surface area contributed by atoms with Crippen LogP contribution >= 0.6 is 0 Å². The van der Waals surface area contributed by atoms with Gasteiger partial charge in [-0.2, -0.15) is 0 Å². The first-order valence-electron chi connectivity index (χ1n) is 5.81. The van der Waals surface area contributed by atoms with Gasteiger partial charge in [-0.05, 0) is 18.9 Å². The first kappa shape index (κ1) is 14.4. The highest BCUT2D eigenvalue weighted by Crippen LogP contribution is 2.20. The summed E-state index contributed by atoms with van der Waals surface area (Å²) in [6.07, 6.45) is 4.00. The summed E-state index contributed by atoms with van der Waals surface area (Å²) in [5.74, 6) is -8.35. The van der Waals surface area contributed by atoms with Crippen molar-refractivity contribution in [3.05, 3.63) is 47.2 Å². The molecule has 0 spiro atoms. The SMILES string of the molecule is O=C(OCC1CCC=CO1)c1c(F)c(F)cc(F)c1F. The van der Waals surface area contributed by atoms with Crippen LogP contribution in [0.5, 0.6) is 0 Å². The molecule has 7 heteroatoms. The second-order valence-electron chi connectivity index (χ2n) is 4.15. The maximum atomic E-state index is 13.3. The van der Waals surface area contributed by atoms with E-state index in [0.29, 0.717) is 12.8 Å². The van der Waals surface area contributed by atoms with Gasteiger partial charge in [0.1, 0.15) is 18.3 Å². The van der Waals surface area contributed by atoms with Crippen LogP contribution in [-0.4, -0.2) is 18.7 Å². The van der Waals surface area contributed by atoms with Crippen LogP contribution in [0, 0.1) is 23.3 Å². The third-order valence-electron chi connectivity index (χ3n) is 2.74. The normalized spacial score (nSPS) is 17.7. The van der Waals surface area contributed by atoms with E-state index in [1.54, 1.807) is 6.08 Å². The molecule has 0 bridgehead atoms. The fourth-order valence-electron chi connectivity index (χ4n) is 1.70. The molecule has 0 amide bonds. The highest BCUT2D eigenvalue weighted by molar-refractivity contribution is 5.90. The summed E-state index contributed by atoms with van der Waals surface area (Å²) in [4.78, 5) is 11.5. The molecule has 0 saturated heterocycles. The van der Waals surface area contributed by atoms with Gasteiger partial charge in [0, 0.05) is 6.07 Å². The molecule has 1 aliphatic heterocycles. The second kappa shape index (κ2) is 5.94. The van der Waals surface area contributed by atoms with Crippen LogP contribution in [0.15, 0.2) is 18.4 Å². The maximum Gasteiger partial charge on any atom is 0.344 e. The zero-order valence-corrected chi connectivity index (χ0v) is 10.2. The van der Waals surface area contributed by atoms with Gasteiger partial charge in [-0.15, -0.1) is 0 Å². The standard InChI is InChI=1S/C13H10F4O3/c14-8-5-9(15)12(17)10(11(8)16)13(18)20-6-7-3-1-2-4-19-7/h2,4-5,7H,1,3,6H2. The van der Waals surface area contributed by atoms with Crippen molar-refractivity contribution in [1.29, 1.82) is 0 Å². The van der Waals surface area contributed by atoms with Crippen LogP contribution in [0.1, 0.15) is 23.2 Å². The minimum Gasteiger partial charge on any atom is -0.495 e. The molecule has 2 rings (SSSR count). The van der Waals surface area contributed by atoms with Gasteiger partial charge in [-0.3, -0.25) is 0 Å². The number of carbonyl (C=O) groups is 1. The predicted molar refractivity (Wildman–Crippen MR) is 59.8 cm³/mol. The van der Waals surface area contributed by atoms with Gasteiger partial charge in [0.2, 0.25) is 0 Å². The van der Waals surface area contributed by atoms with Gasteiger partial charge in [-0.1, -0.05) is 0 Å². The van der Waals surface area contributed by atoms with Crippen LogP contribution in [0.3, 0.4) is 0 Å². The van der Waals surface area contributed by atoms with Crippen molar-refractivity contribution >= 4 is 5.97 Å². The average molecular weight is 290 g/mol. The largest absolute Gasteiger partial charge is 0.495 e. The van der Waals surface area contributed by atoms with E-state index in [1.807, 2.05) is 0 Å². The Balaban J connectivity index is 2.11. The predicted octanol–water partition coefficient (Wildman–Crippen LogP) is 3.09. The number of halogens is 4. The van der Waals surface area contributed by atoms with Crippen molar-refractivity contribution in [3.63, 3.8) is 0 Å². The molecule has 1 unspecified atom stereocenters. The maximum absolute atomic E-state index is 13.3. The van der Waals surface area contributed by atoms with Crippen molar-refractivity contribution in [2.45, 2.75) is 18.9 Å². The second-order valence-corrected chi connectivity index (χ2v) is 4.15. The third kappa shape index (κ3) is 2.92. The number of esters is 1. The van der Waals surface area contributed by atoms with E-state index in [0.717, 1.165) is 0 Å². The fourth-order valence-corrected chi connectivity index (χ4v) is 1.70. The molecule has 0 aromatic heterocycles. The van der Waals surface area contributed by atoms with Crippen molar-refractivity contribution < 1.29 is 31.8 Å². The van der Waals surface area contributed by atoms with E-state index in [9.17, 15) is 22.4 Å². The lowest BCUT2D eigenvalue weighted by atomic mass is 10.1. The lowest BCUT2D eigenvalue weighted by molar-refractivity contribution is 0.0155. The molecule has 20 heavy (non-hydrogen) atoms. The van der Waals surface area contributed by atoms with Crippen LogP contribution in [-0.2, 0) is 9.47 Å². The minimum absolute atomic E-state index is 0.0243. The Kier molecular flexibility index (Phi) is 4.26. The minimum atomic E-state index is -1.78. The molecule has 1 aliphatic rings. The van der Waals surface area contributed by atoms with E-state index < -0.39 is 40.9 Å². The number of carbonyl (C=O) groups excluding carboxylic acids is 1. The van der Waals surface area contributed by atoms with Crippen LogP contribution < -0.4 is 0 Å². The first-order chi connectivity index (χ1) is 9.50. The Bertz CT molecular complexity index is 531. The molecule has 0 aliphatic carbocycles. The molecule has 1 heterocycles. The molecule has 0 N–H and O–H groups in total. The summed E-state index contributed by atoms with van der Waals surface area (Å²) in [6, 6.07) is 0.0243. The van der Waals surface area contributed by atoms with E-state index in [-0.39, 0.29) is 12.7 Å². The molecule has 3 nitrogen and oxygen atoms in total. The van der Waals surface area contributed by atoms with Crippen LogP contribution in [0.2, 0.25) is 0 Å². The molecular weight excluding hydrogens is 280 g/mol. The van der Waals surface area contributed by atoms with Gasteiger partial charge in [0.05, 0.1) is 6.26 Å². The summed E-state index contributed by atoms with van der Waals surface area (Å²) in [6.45, 7) is -0.264. The number of hydrogen-bond donors (Lipinski definition) is 0. The summed E-state index contributed by atoms with van der Waals surface area (Å²) < 4.78 is 62.3. The Morgan fingerprint density at radius 2 is 1.90 bits per heavy atom. The molecule has 0 fully saturated rings. The lowest BCUT2D eigenvalue weighted by Crippen LogP contribution is -2.23. The van der Waals surface area contributed by atoms with E-state index in [1.165, 1.54) is 6.26 Å². The quantitative estimate of drug-likeness (QED) is 0.487. The highest BCUT2D eigenvalue weighted by atomic mass is 19.2. The van der Waals surface area contributed by atoms with Crippen molar-refractivity contribution in [3.8, 4) is 0 Å². The summed E-state index contributed by atoms with van der Waals surface area (Å²) in [7, 11) is 0. The van der Waals surface area contributed by atoms with Gasteiger partial charge >= 0.3 is 5.97 Å². The van der Waals surface area contributed by atoms with E-state index in [4.69, 9.17) is 4.74 Å².